The Morgan fingerprint density at radius 3 is 2.80 bits per heavy atom. The van der Waals surface area contributed by atoms with E-state index in [1.54, 1.807) is 13.0 Å². The average Bonchev–Trinajstić information content (AvgIpc) is 3.21. The first-order valence-electron chi connectivity index (χ1n) is 12.1. The summed E-state index contributed by atoms with van der Waals surface area (Å²) in [4.78, 5) is 19.4. The van der Waals surface area contributed by atoms with E-state index in [0.29, 0.717) is 31.0 Å². The van der Waals surface area contributed by atoms with Crippen molar-refractivity contribution in [1.29, 1.82) is 0 Å². The van der Waals surface area contributed by atoms with Crippen LogP contribution in [0.4, 0.5) is 0 Å². The highest BCUT2D eigenvalue weighted by atomic mass is 32.2. The second kappa shape index (κ2) is 12.9. The Morgan fingerprint density at radius 2 is 2.11 bits per heavy atom. The minimum atomic E-state index is -1.20. The number of carbonyl (C=O) groups excluding carboxylic acids is 1. The van der Waals surface area contributed by atoms with Crippen LogP contribution in [0, 0.1) is 11.8 Å². The third-order valence-electron chi connectivity index (χ3n) is 5.74. The molecule has 1 N–H and O–H groups in total. The van der Waals surface area contributed by atoms with Gasteiger partial charge in [-0.15, -0.1) is 0 Å². The highest BCUT2D eigenvalue weighted by molar-refractivity contribution is 7.82. The fraction of sp³-hybridized carbons (Fsp3) is 0.481. The number of rotatable bonds is 10. The number of benzene rings is 1. The Kier molecular flexibility index (Phi) is 9.99. The SMILES string of the molecule is CCCCS(=O)N1Cc2cc(C(=O)OCC)nc(-c3cccc(C#CCN(C)C)c3)c2[C@H]1CCO. The normalized spacial score (nSPS) is 16.0. The van der Waals surface area contributed by atoms with Gasteiger partial charge in [0.15, 0.2) is 0 Å². The zero-order valence-electron chi connectivity index (χ0n) is 21.0. The first-order valence-corrected chi connectivity index (χ1v) is 13.4. The largest absolute Gasteiger partial charge is 0.461 e. The summed E-state index contributed by atoms with van der Waals surface area (Å²) in [5, 5.41) is 9.85. The van der Waals surface area contributed by atoms with E-state index in [4.69, 9.17) is 9.72 Å². The van der Waals surface area contributed by atoms with Gasteiger partial charge in [-0.05, 0) is 57.6 Å². The van der Waals surface area contributed by atoms with Gasteiger partial charge in [-0.3, -0.25) is 4.90 Å². The molecule has 2 heterocycles. The second-order valence-electron chi connectivity index (χ2n) is 8.75. The maximum atomic E-state index is 13.2. The Hall–Kier alpha value is -2.57. The number of aliphatic hydroxyl groups excluding tert-OH is 1. The fourth-order valence-electron chi connectivity index (χ4n) is 4.12. The zero-order chi connectivity index (χ0) is 25.4. The minimum absolute atomic E-state index is 0.0410. The minimum Gasteiger partial charge on any atom is -0.461 e. The number of hydrogen-bond donors (Lipinski definition) is 1. The van der Waals surface area contributed by atoms with E-state index in [1.807, 2.05) is 47.6 Å². The van der Waals surface area contributed by atoms with Crippen LogP contribution in [-0.4, -0.2) is 69.1 Å². The maximum Gasteiger partial charge on any atom is 0.356 e. The molecule has 8 heteroatoms. The number of aromatic nitrogens is 1. The fourth-order valence-corrected chi connectivity index (χ4v) is 5.66. The Balaban J connectivity index is 2.12. The molecule has 0 saturated heterocycles. The number of esters is 1. The molecule has 0 spiro atoms. The van der Waals surface area contributed by atoms with E-state index >= 15 is 0 Å². The van der Waals surface area contributed by atoms with Crippen molar-refractivity contribution in [2.24, 2.45) is 0 Å². The van der Waals surface area contributed by atoms with Crippen molar-refractivity contribution in [3.8, 4) is 23.1 Å². The summed E-state index contributed by atoms with van der Waals surface area (Å²) in [6.45, 7) is 5.12. The zero-order valence-corrected chi connectivity index (χ0v) is 21.9. The number of pyridine rings is 1. The molecule has 0 radical (unpaired) electrons. The van der Waals surface area contributed by atoms with Gasteiger partial charge in [-0.2, -0.15) is 0 Å². The smallest absolute Gasteiger partial charge is 0.356 e. The van der Waals surface area contributed by atoms with Crippen molar-refractivity contribution in [3.63, 3.8) is 0 Å². The molecule has 0 amide bonds. The van der Waals surface area contributed by atoms with Crippen LogP contribution in [0.1, 0.15) is 66.3 Å². The van der Waals surface area contributed by atoms with Gasteiger partial charge in [-0.25, -0.2) is 18.3 Å². The van der Waals surface area contributed by atoms with Crippen LogP contribution in [0.3, 0.4) is 0 Å². The molecular formula is C27H35N3O4S. The summed E-state index contributed by atoms with van der Waals surface area (Å²) in [6.07, 6.45) is 2.25. The number of fused-ring (bicyclic) bond motifs is 1. The number of unbranched alkanes of at least 4 members (excludes halogenated alkanes) is 1. The van der Waals surface area contributed by atoms with Crippen molar-refractivity contribution < 1.29 is 18.8 Å². The van der Waals surface area contributed by atoms with Crippen LogP contribution in [0.25, 0.3) is 11.3 Å². The van der Waals surface area contributed by atoms with Crippen LogP contribution < -0.4 is 0 Å². The van der Waals surface area contributed by atoms with Crippen molar-refractivity contribution in [2.75, 3.05) is 39.6 Å². The maximum absolute atomic E-state index is 13.2. The monoisotopic (exact) mass is 497 g/mol. The van der Waals surface area contributed by atoms with E-state index in [1.165, 1.54) is 0 Å². The number of carbonyl (C=O) groups is 1. The van der Waals surface area contributed by atoms with E-state index in [2.05, 4.69) is 18.8 Å². The molecule has 2 aromatic rings. The summed E-state index contributed by atoms with van der Waals surface area (Å²) >= 11 is 0. The van der Waals surface area contributed by atoms with Crippen molar-refractivity contribution in [2.45, 2.75) is 45.7 Å². The van der Waals surface area contributed by atoms with E-state index < -0.39 is 17.0 Å². The van der Waals surface area contributed by atoms with Gasteiger partial charge in [0.05, 0.1) is 35.9 Å². The molecule has 3 rings (SSSR count). The lowest BCUT2D eigenvalue weighted by Crippen LogP contribution is -2.27. The number of nitrogens with zero attached hydrogens (tertiary/aromatic N) is 3. The van der Waals surface area contributed by atoms with Crippen molar-refractivity contribution >= 4 is 17.0 Å². The van der Waals surface area contributed by atoms with Gasteiger partial charge >= 0.3 is 5.97 Å². The van der Waals surface area contributed by atoms with Crippen molar-refractivity contribution in [3.05, 3.63) is 52.7 Å². The Labute approximate surface area is 211 Å². The first kappa shape index (κ1) is 27.0. The molecule has 1 aliphatic heterocycles. The topological polar surface area (TPSA) is 83.0 Å². The summed E-state index contributed by atoms with van der Waals surface area (Å²) in [7, 11) is 2.74. The van der Waals surface area contributed by atoms with Crippen LogP contribution in [0.2, 0.25) is 0 Å². The van der Waals surface area contributed by atoms with Crippen LogP contribution >= 0.6 is 0 Å². The third kappa shape index (κ3) is 6.77. The molecule has 1 aromatic heterocycles. The lowest BCUT2D eigenvalue weighted by molar-refractivity contribution is 0.0519. The second-order valence-corrected chi connectivity index (χ2v) is 10.3. The molecule has 188 valence electrons. The molecule has 1 unspecified atom stereocenters. The molecule has 1 aliphatic rings. The molecule has 0 saturated carbocycles. The van der Waals surface area contributed by atoms with E-state index in [-0.39, 0.29) is 24.9 Å². The number of aliphatic hydroxyl groups is 1. The summed E-state index contributed by atoms with van der Waals surface area (Å²) < 4.78 is 20.3. The van der Waals surface area contributed by atoms with Crippen molar-refractivity contribution in [1.82, 2.24) is 14.2 Å². The highest BCUT2D eigenvalue weighted by Gasteiger charge is 2.37. The molecule has 2 atom stereocenters. The molecule has 1 aromatic carbocycles. The molecule has 7 nitrogen and oxygen atoms in total. The van der Waals surface area contributed by atoms with Gasteiger partial charge in [-0.1, -0.05) is 37.3 Å². The molecule has 0 aliphatic carbocycles. The van der Waals surface area contributed by atoms with E-state index in [0.717, 1.165) is 35.1 Å². The first-order chi connectivity index (χ1) is 16.9. The van der Waals surface area contributed by atoms with Gasteiger partial charge < -0.3 is 9.84 Å². The molecule has 0 bridgehead atoms. The summed E-state index contributed by atoms with van der Waals surface area (Å²) in [6, 6.07) is 9.27. The van der Waals surface area contributed by atoms with Gasteiger partial charge in [0.2, 0.25) is 0 Å². The van der Waals surface area contributed by atoms with E-state index in [9.17, 15) is 14.1 Å². The van der Waals surface area contributed by atoms with Crippen LogP contribution in [-0.2, 0) is 22.3 Å². The van der Waals surface area contributed by atoms with Crippen LogP contribution in [0.15, 0.2) is 30.3 Å². The summed E-state index contributed by atoms with van der Waals surface area (Å²) in [5.74, 6) is 6.42. The number of hydrogen-bond acceptors (Lipinski definition) is 6. The quantitative estimate of drug-likeness (QED) is 0.399. The third-order valence-corrected chi connectivity index (χ3v) is 7.28. The lowest BCUT2D eigenvalue weighted by Gasteiger charge is -2.24. The van der Waals surface area contributed by atoms with Gasteiger partial charge in [0, 0.05) is 35.6 Å². The predicted molar refractivity (Wildman–Crippen MR) is 139 cm³/mol. The van der Waals surface area contributed by atoms with Crippen LogP contribution in [0.5, 0.6) is 0 Å². The Bertz CT molecular complexity index is 1120. The lowest BCUT2D eigenvalue weighted by atomic mass is 9.95. The highest BCUT2D eigenvalue weighted by Crippen LogP contribution is 2.42. The van der Waals surface area contributed by atoms with Gasteiger partial charge in [0.25, 0.3) is 0 Å². The number of ether oxygens (including phenoxy) is 1. The predicted octanol–water partition coefficient (Wildman–Crippen LogP) is 3.54. The standard InChI is InChI=1S/C27H35N3O4S/c1-5-7-16-35(33)30-19-22-18-23(27(32)34-6-2)28-26(25(22)24(30)13-15-31)21-12-8-10-20(17-21)11-9-14-29(3)4/h8,10,12,17-18,24,31H,5-7,13-16,19H2,1-4H3/t24-,35?/m1/s1. The summed E-state index contributed by atoms with van der Waals surface area (Å²) in [5.41, 5.74) is 4.36. The van der Waals surface area contributed by atoms with Gasteiger partial charge in [0.1, 0.15) is 5.69 Å². The molecule has 35 heavy (non-hydrogen) atoms. The molecular weight excluding hydrogens is 462 g/mol. The molecule has 0 fully saturated rings. The average molecular weight is 498 g/mol. The Morgan fingerprint density at radius 1 is 1.31 bits per heavy atom.